The number of piperazine rings is 1. The molecule has 1 N–H and O–H groups in total. The fourth-order valence-corrected chi connectivity index (χ4v) is 5.12. The summed E-state index contributed by atoms with van der Waals surface area (Å²) < 4.78 is 5.14. The number of pyridine rings is 1. The quantitative estimate of drug-likeness (QED) is 0.459. The Bertz CT molecular complexity index is 1330. The van der Waals surface area contributed by atoms with E-state index in [2.05, 4.69) is 25.1 Å². The van der Waals surface area contributed by atoms with Crippen molar-refractivity contribution < 1.29 is 14.3 Å². The first-order valence-electron chi connectivity index (χ1n) is 13.5. The molecule has 3 unspecified atom stereocenters. The number of nitrogens with one attached hydrogen (secondary N) is 1. The highest BCUT2D eigenvalue weighted by Crippen LogP contribution is 2.23. The highest BCUT2D eigenvalue weighted by atomic mass is 16.5. The molecule has 0 spiro atoms. The molecule has 1 aromatic carbocycles. The van der Waals surface area contributed by atoms with Crippen molar-refractivity contribution in [1.82, 2.24) is 29.7 Å². The molecule has 11 heteroatoms. The van der Waals surface area contributed by atoms with Crippen LogP contribution in [0.4, 0.5) is 17.5 Å². The van der Waals surface area contributed by atoms with Crippen LogP contribution < -0.4 is 10.2 Å². The maximum atomic E-state index is 13.0. The van der Waals surface area contributed by atoms with E-state index in [0.717, 1.165) is 41.3 Å². The summed E-state index contributed by atoms with van der Waals surface area (Å²) in [6, 6.07) is 13.4. The summed E-state index contributed by atoms with van der Waals surface area (Å²) >= 11 is 0. The number of anilines is 3. The van der Waals surface area contributed by atoms with Crippen LogP contribution in [0.2, 0.25) is 0 Å². The van der Waals surface area contributed by atoms with E-state index in [4.69, 9.17) is 9.72 Å². The first-order chi connectivity index (χ1) is 19.4. The third-order valence-electron chi connectivity index (χ3n) is 7.48. The van der Waals surface area contributed by atoms with Gasteiger partial charge in [-0.25, -0.2) is 15.0 Å². The number of ether oxygens (including phenoxy) is 1. The second kappa shape index (κ2) is 12.4. The second-order valence-electron chi connectivity index (χ2n) is 10.3. The largest absolute Gasteiger partial charge is 0.468 e. The number of carbonyl (C=O) groups is 2. The van der Waals surface area contributed by atoms with E-state index in [1.807, 2.05) is 67.7 Å². The van der Waals surface area contributed by atoms with Crippen LogP contribution in [0, 0.1) is 0 Å². The number of likely N-dealkylation sites (N-methyl/N-ethyl adjacent to an activating group) is 1. The van der Waals surface area contributed by atoms with Crippen molar-refractivity contribution in [2.24, 2.45) is 0 Å². The van der Waals surface area contributed by atoms with E-state index in [1.165, 1.54) is 7.11 Å². The molecule has 0 radical (unpaired) electrons. The minimum Gasteiger partial charge on any atom is -0.468 e. The Morgan fingerprint density at radius 1 is 1.00 bits per heavy atom. The zero-order chi connectivity index (χ0) is 28.1. The Morgan fingerprint density at radius 2 is 1.85 bits per heavy atom. The highest BCUT2D eigenvalue weighted by Gasteiger charge is 2.34. The van der Waals surface area contributed by atoms with Crippen molar-refractivity contribution in [3.8, 4) is 11.3 Å². The molecule has 210 valence electrons. The molecule has 5 aliphatic heterocycles. The fourth-order valence-electron chi connectivity index (χ4n) is 5.12. The van der Waals surface area contributed by atoms with Crippen LogP contribution in [0.3, 0.4) is 0 Å². The molecule has 3 atom stereocenters. The van der Waals surface area contributed by atoms with E-state index in [1.54, 1.807) is 11.1 Å². The van der Waals surface area contributed by atoms with E-state index < -0.39 is 6.04 Å². The van der Waals surface area contributed by atoms with E-state index in [-0.39, 0.29) is 18.4 Å². The zero-order valence-corrected chi connectivity index (χ0v) is 23.3. The summed E-state index contributed by atoms with van der Waals surface area (Å²) in [5.41, 5.74) is 3.56. The van der Waals surface area contributed by atoms with Crippen LogP contribution in [0.1, 0.15) is 12.0 Å². The predicted molar refractivity (Wildman–Crippen MR) is 153 cm³/mol. The lowest BCUT2D eigenvalue weighted by atomic mass is 10.1. The van der Waals surface area contributed by atoms with Crippen LogP contribution in [0.25, 0.3) is 11.3 Å². The van der Waals surface area contributed by atoms with Gasteiger partial charge in [-0.15, -0.1) is 0 Å². The molecular formula is C29H36N8O3. The zero-order valence-electron chi connectivity index (χ0n) is 23.3. The standard InChI is InChI=1S/C29H36N8O3/c1-34-12-5-13-35(2)27(38)20-36-14-15-37(25(19-36)28(39)40-3)18-21-6-4-7-23(16-21)32-29-30-11-10-24(33-29)22-8-9-26(34)31-17-22/h4,6-11,16-17,25H,5,12-15,18-20H2,1-3H3,(H,30,32,33). The van der Waals surface area contributed by atoms with Gasteiger partial charge in [-0.1, -0.05) is 12.1 Å². The lowest BCUT2D eigenvalue weighted by Gasteiger charge is -2.40. The Morgan fingerprint density at radius 3 is 2.65 bits per heavy atom. The lowest BCUT2D eigenvalue weighted by Crippen LogP contribution is -2.57. The molecule has 1 fully saturated rings. The molecule has 1 saturated heterocycles. The molecule has 2 aromatic heterocycles. The number of carbonyl (C=O) groups excluding carboxylic acids is 2. The molecule has 0 saturated carbocycles. The van der Waals surface area contributed by atoms with Crippen LogP contribution >= 0.6 is 0 Å². The van der Waals surface area contributed by atoms with Gasteiger partial charge in [0.1, 0.15) is 11.9 Å². The molecule has 8 bridgehead atoms. The topological polar surface area (TPSA) is 107 Å². The van der Waals surface area contributed by atoms with Crippen molar-refractivity contribution in [2.75, 3.05) is 70.7 Å². The summed E-state index contributed by atoms with van der Waals surface area (Å²) in [4.78, 5) is 47.5. The molecule has 1 amide bonds. The highest BCUT2D eigenvalue weighted by molar-refractivity contribution is 5.79. The number of hydrogen-bond acceptors (Lipinski definition) is 10. The summed E-state index contributed by atoms with van der Waals surface area (Å²) in [6.45, 7) is 4.01. The second-order valence-corrected chi connectivity index (χ2v) is 10.3. The first kappa shape index (κ1) is 27.5. The molecule has 40 heavy (non-hydrogen) atoms. The van der Waals surface area contributed by atoms with Gasteiger partial charge in [-0.05, 0) is 42.3 Å². The van der Waals surface area contributed by atoms with Gasteiger partial charge in [0.2, 0.25) is 11.9 Å². The smallest absolute Gasteiger partial charge is 0.324 e. The summed E-state index contributed by atoms with van der Waals surface area (Å²) in [7, 11) is 5.24. The number of amides is 1. The Hall–Kier alpha value is -4.09. The number of aromatic nitrogens is 3. The van der Waals surface area contributed by atoms with Gasteiger partial charge in [0.05, 0.1) is 19.3 Å². The maximum Gasteiger partial charge on any atom is 0.324 e. The van der Waals surface area contributed by atoms with Crippen molar-refractivity contribution in [1.29, 1.82) is 0 Å². The summed E-state index contributed by atoms with van der Waals surface area (Å²) in [5.74, 6) is 1.09. The van der Waals surface area contributed by atoms with Gasteiger partial charge < -0.3 is 19.9 Å². The van der Waals surface area contributed by atoms with E-state index >= 15 is 0 Å². The average molecular weight is 545 g/mol. The van der Waals surface area contributed by atoms with Gasteiger partial charge in [-0.2, -0.15) is 0 Å². The molecule has 0 aliphatic carbocycles. The van der Waals surface area contributed by atoms with Crippen LogP contribution in [0.5, 0.6) is 0 Å². The number of nitrogens with zero attached hydrogens (tertiary/aromatic N) is 7. The molecule has 11 nitrogen and oxygen atoms in total. The predicted octanol–water partition coefficient (Wildman–Crippen LogP) is 2.24. The van der Waals surface area contributed by atoms with Crippen molar-refractivity contribution in [3.05, 3.63) is 60.4 Å². The third kappa shape index (κ3) is 6.54. The number of methoxy groups -OCH3 is 1. The Balaban J connectivity index is 1.43. The number of benzene rings is 1. The van der Waals surface area contributed by atoms with Crippen molar-refractivity contribution in [2.45, 2.75) is 19.0 Å². The first-order valence-corrected chi connectivity index (χ1v) is 13.5. The van der Waals surface area contributed by atoms with Gasteiger partial charge in [0.15, 0.2) is 0 Å². The van der Waals surface area contributed by atoms with E-state index in [0.29, 0.717) is 38.7 Å². The van der Waals surface area contributed by atoms with Crippen molar-refractivity contribution in [3.63, 3.8) is 0 Å². The maximum absolute atomic E-state index is 13.0. The van der Waals surface area contributed by atoms with Crippen molar-refractivity contribution >= 4 is 29.3 Å². The number of esters is 1. The lowest BCUT2D eigenvalue weighted by molar-refractivity contribution is -0.151. The minimum atomic E-state index is -0.458. The molecule has 7 heterocycles. The Labute approximate surface area is 234 Å². The molecule has 5 aliphatic rings. The minimum absolute atomic E-state index is 0.0437. The third-order valence-corrected chi connectivity index (χ3v) is 7.48. The van der Waals surface area contributed by atoms with Crippen LogP contribution in [-0.4, -0.2) is 108 Å². The number of hydrogen-bond donors (Lipinski definition) is 1. The molecule has 3 aromatic rings. The van der Waals surface area contributed by atoms with E-state index in [9.17, 15) is 9.59 Å². The average Bonchev–Trinajstić information content (AvgIpc) is 2.97. The van der Waals surface area contributed by atoms with Gasteiger partial charge in [0, 0.05) is 77.0 Å². The molecule has 8 rings (SSSR count). The van der Waals surface area contributed by atoms with Gasteiger partial charge in [-0.3, -0.25) is 19.4 Å². The SMILES string of the molecule is COC(=O)C1CN2CCN1Cc1cccc(c1)Nc1nccc(n1)-c1ccc(nc1)N(C)CCCN(C)C(=O)C2. The van der Waals surface area contributed by atoms with Crippen LogP contribution in [0.15, 0.2) is 54.9 Å². The normalized spacial score (nSPS) is 22.1. The summed E-state index contributed by atoms with van der Waals surface area (Å²) in [6.07, 6.45) is 4.36. The van der Waals surface area contributed by atoms with Gasteiger partial charge >= 0.3 is 5.97 Å². The Kier molecular flexibility index (Phi) is 8.51. The molecular weight excluding hydrogens is 508 g/mol. The number of rotatable bonds is 1. The summed E-state index contributed by atoms with van der Waals surface area (Å²) in [5, 5.41) is 3.31. The monoisotopic (exact) mass is 544 g/mol. The fraction of sp³-hybridized carbons (Fsp3) is 0.414. The van der Waals surface area contributed by atoms with Crippen LogP contribution in [-0.2, 0) is 20.9 Å². The van der Waals surface area contributed by atoms with Gasteiger partial charge in [0.25, 0.3) is 0 Å².